The zero-order chi connectivity index (χ0) is 32.9. The standard InChI is InChI=1S/C36H42N4O7/c1-46-31-15-7-13-27-26(31)19-29(38-27)36(45)40-20-24-11-5-12-25(24)32(40)34(43)39-28(18-23-10-6-14-30(23)41)33(42)35(44)37-16-17-47-21-22-8-3-2-4-9-22/h2-4,7-9,13,15,19,23-25,28,32,38H,5-6,10-12,14,16-18,20-21H2,1H3,(H,37,44)(H,39,43). The average Bonchev–Trinajstić information content (AvgIpc) is 3.88. The lowest BCUT2D eigenvalue weighted by Crippen LogP contribution is -2.55. The molecule has 2 saturated carbocycles. The number of carbonyl (C=O) groups is 5. The third-order valence-electron chi connectivity index (χ3n) is 9.95. The number of nitrogens with one attached hydrogen (secondary N) is 3. The van der Waals surface area contributed by atoms with E-state index in [1.165, 1.54) is 0 Å². The Kier molecular flexibility index (Phi) is 10.0. The molecule has 3 fully saturated rings. The highest BCUT2D eigenvalue weighted by Crippen LogP contribution is 2.43. The first-order valence-corrected chi connectivity index (χ1v) is 16.6. The van der Waals surface area contributed by atoms with Crippen molar-refractivity contribution in [1.29, 1.82) is 0 Å². The molecule has 6 rings (SSSR count). The second-order valence-electron chi connectivity index (χ2n) is 12.9. The van der Waals surface area contributed by atoms with Crippen molar-refractivity contribution < 1.29 is 33.4 Å². The lowest BCUT2D eigenvalue weighted by atomic mass is 9.91. The number of Topliss-reactive ketones (excluding diaryl/α,β-unsaturated/α-hetero) is 2. The van der Waals surface area contributed by atoms with Gasteiger partial charge in [0.05, 0.1) is 26.4 Å². The normalized spacial score (nSPS) is 22.7. The molecule has 1 aromatic heterocycles. The molecule has 3 N–H and O–H groups in total. The zero-order valence-electron chi connectivity index (χ0n) is 26.7. The van der Waals surface area contributed by atoms with Gasteiger partial charge in [-0.15, -0.1) is 0 Å². The van der Waals surface area contributed by atoms with Crippen LogP contribution in [0, 0.1) is 17.8 Å². The van der Waals surface area contributed by atoms with Crippen molar-refractivity contribution in [1.82, 2.24) is 20.5 Å². The monoisotopic (exact) mass is 642 g/mol. The van der Waals surface area contributed by atoms with Gasteiger partial charge in [-0.2, -0.15) is 0 Å². The van der Waals surface area contributed by atoms with Crippen LogP contribution < -0.4 is 15.4 Å². The lowest BCUT2D eigenvalue weighted by Gasteiger charge is -2.29. The molecule has 0 radical (unpaired) electrons. The first-order chi connectivity index (χ1) is 22.8. The second kappa shape index (κ2) is 14.5. The molecule has 0 spiro atoms. The highest BCUT2D eigenvalue weighted by Gasteiger charge is 2.50. The predicted octanol–water partition coefficient (Wildman–Crippen LogP) is 3.56. The smallest absolute Gasteiger partial charge is 0.289 e. The number of hydrogen-bond donors (Lipinski definition) is 3. The largest absolute Gasteiger partial charge is 0.496 e. The number of methoxy groups -OCH3 is 1. The summed E-state index contributed by atoms with van der Waals surface area (Å²) in [5, 5.41) is 6.22. The summed E-state index contributed by atoms with van der Waals surface area (Å²) in [6, 6.07) is 14.9. The van der Waals surface area contributed by atoms with Crippen molar-refractivity contribution in [2.24, 2.45) is 17.8 Å². The Morgan fingerprint density at radius 3 is 2.62 bits per heavy atom. The number of hydrogen-bond acceptors (Lipinski definition) is 7. The van der Waals surface area contributed by atoms with Crippen LogP contribution >= 0.6 is 0 Å². The van der Waals surface area contributed by atoms with Crippen molar-refractivity contribution in [3.63, 3.8) is 0 Å². The first-order valence-electron chi connectivity index (χ1n) is 16.6. The molecule has 2 aliphatic carbocycles. The van der Waals surface area contributed by atoms with Crippen molar-refractivity contribution in [2.75, 3.05) is 26.8 Å². The van der Waals surface area contributed by atoms with Crippen molar-refractivity contribution in [2.45, 2.75) is 63.6 Å². The number of amides is 3. The summed E-state index contributed by atoms with van der Waals surface area (Å²) in [6.45, 7) is 1.12. The maximum atomic E-state index is 14.1. The van der Waals surface area contributed by atoms with E-state index in [4.69, 9.17) is 9.47 Å². The fourth-order valence-corrected chi connectivity index (χ4v) is 7.58. The Morgan fingerprint density at radius 1 is 1.02 bits per heavy atom. The van der Waals surface area contributed by atoms with E-state index in [0.717, 1.165) is 35.7 Å². The number of ketones is 2. The number of benzene rings is 2. The maximum absolute atomic E-state index is 14.1. The van der Waals surface area contributed by atoms with Gasteiger partial charge in [0.15, 0.2) is 0 Å². The molecule has 248 valence electrons. The van der Waals surface area contributed by atoms with Crippen LogP contribution in [0.3, 0.4) is 0 Å². The molecular weight excluding hydrogens is 600 g/mol. The van der Waals surface area contributed by atoms with E-state index in [1.807, 2.05) is 48.5 Å². The van der Waals surface area contributed by atoms with Gasteiger partial charge >= 0.3 is 0 Å². The molecule has 47 heavy (non-hydrogen) atoms. The summed E-state index contributed by atoms with van der Waals surface area (Å²) >= 11 is 0. The van der Waals surface area contributed by atoms with Crippen LogP contribution in [0.1, 0.15) is 61.0 Å². The van der Waals surface area contributed by atoms with Gasteiger partial charge in [-0.3, -0.25) is 24.0 Å². The molecule has 3 aromatic rings. The molecule has 3 amide bonds. The van der Waals surface area contributed by atoms with Gasteiger partial charge in [-0.05, 0) is 67.7 Å². The second-order valence-corrected chi connectivity index (χ2v) is 12.9. The average molecular weight is 643 g/mol. The predicted molar refractivity (Wildman–Crippen MR) is 174 cm³/mol. The number of H-pyrrole nitrogens is 1. The van der Waals surface area contributed by atoms with Crippen LogP contribution in [0.25, 0.3) is 10.9 Å². The number of likely N-dealkylation sites (tertiary alicyclic amines) is 1. The first kappa shape index (κ1) is 32.4. The Balaban J connectivity index is 1.15. The molecule has 0 bridgehead atoms. The Morgan fingerprint density at radius 2 is 1.85 bits per heavy atom. The number of rotatable bonds is 13. The Hall–Kier alpha value is -4.51. The molecule has 5 unspecified atom stereocenters. The summed E-state index contributed by atoms with van der Waals surface area (Å²) in [5.41, 5.74) is 2.09. The highest BCUT2D eigenvalue weighted by molar-refractivity contribution is 6.38. The van der Waals surface area contributed by atoms with Gasteiger partial charge in [0.25, 0.3) is 11.8 Å². The van der Waals surface area contributed by atoms with Gasteiger partial charge in [0.2, 0.25) is 11.7 Å². The van der Waals surface area contributed by atoms with Crippen LogP contribution in [0.5, 0.6) is 5.75 Å². The zero-order valence-corrected chi connectivity index (χ0v) is 26.7. The molecule has 11 nitrogen and oxygen atoms in total. The van der Waals surface area contributed by atoms with E-state index < -0.39 is 35.6 Å². The Bertz CT molecular complexity index is 1640. The Labute approximate surface area is 273 Å². The van der Waals surface area contributed by atoms with Crippen LogP contribution in [0.2, 0.25) is 0 Å². The van der Waals surface area contributed by atoms with Crippen molar-refractivity contribution >= 4 is 40.2 Å². The number of aromatic nitrogens is 1. The van der Waals surface area contributed by atoms with Crippen LogP contribution in [-0.2, 0) is 30.5 Å². The molecule has 2 aromatic carbocycles. The lowest BCUT2D eigenvalue weighted by molar-refractivity contribution is -0.141. The van der Waals surface area contributed by atoms with E-state index >= 15 is 0 Å². The number of aromatic amines is 1. The molecule has 11 heteroatoms. The molecule has 2 heterocycles. The van der Waals surface area contributed by atoms with E-state index in [2.05, 4.69) is 15.6 Å². The topological polar surface area (TPSA) is 147 Å². The van der Waals surface area contributed by atoms with Crippen molar-refractivity contribution in [3.05, 3.63) is 65.9 Å². The minimum absolute atomic E-state index is 0.0366. The van der Waals surface area contributed by atoms with Crippen LogP contribution in [0.4, 0.5) is 0 Å². The third kappa shape index (κ3) is 7.10. The van der Waals surface area contributed by atoms with E-state index in [-0.39, 0.29) is 43.1 Å². The highest BCUT2D eigenvalue weighted by atomic mass is 16.5. The van der Waals surface area contributed by atoms with E-state index in [9.17, 15) is 24.0 Å². The summed E-state index contributed by atoms with van der Waals surface area (Å²) < 4.78 is 11.1. The quantitative estimate of drug-likeness (QED) is 0.191. The summed E-state index contributed by atoms with van der Waals surface area (Å²) in [7, 11) is 1.57. The van der Waals surface area contributed by atoms with Gasteiger partial charge < -0.3 is 30.0 Å². The summed E-state index contributed by atoms with van der Waals surface area (Å²) in [6.07, 6.45) is 4.46. The van der Waals surface area contributed by atoms with Gasteiger partial charge in [0, 0.05) is 36.3 Å². The fraction of sp³-hybridized carbons (Fsp3) is 0.472. The van der Waals surface area contributed by atoms with Gasteiger partial charge in [-0.25, -0.2) is 0 Å². The van der Waals surface area contributed by atoms with Gasteiger partial charge in [-0.1, -0.05) is 42.8 Å². The number of ether oxygens (including phenoxy) is 2. The number of fused-ring (bicyclic) bond motifs is 2. The van der Waals surface area contributed by atoms with Crippen LogP contribution in [0.15, 0.2) is 54.6 Å². The number of carbonyl (C=O) groups excluding carboxylic acids is 5. The minimum Gasteiger partial charge on any atom is -0.496 e. The summed E-state index contributed by atoms with van der Waals surface area (Å²) in [5.74, 6) is -2.05. The number of nitrogens with zero attached hydrogens (tertiary/aromatic N) is 1. The van der Waals surface area contributed by atoms with E-state index in [0.29, 0.717) is 43.9 Å². The SMILES string of the molecule is COc1cccc2[nH]c(C(=O)N3CC4CCCC4C3C(=O)NC(CC3CCCC3=O)C(=O)C(=O)NCCOCc3ccccc3)cc12. The van der Waals surface area contributed by atoms with Gasteiger partial charge in [0.1, 0.15) is 23.3 Å². The molecule has 1 aliphatic heterocycles. The minimum atomic E-state index is -1.19. The van der Waals surface area contributed by atoms with Crippen molar-refractivity contribution in [3.8, 4) is 5.75 Å². The van der Waals surface area contributed by atoms with Crippen LogP contribution in [-0.4, -0.2) is 78.1 Å². The summed E-state index contributed by atoms with van der Waals surface area (Å²) in [4.78, 5) is 72.0. The molecular formula is C36H42N4O7. The molecule has 1 saturated heterocycles. The molecule has 3 aliphatic rings. The third-order valence-corrected chi connectivity index (χ3v) is 9.95. The maximum Gasteiger partial charge on any atom is 0.289 e. The van der Waals surface area contributed by atoms with E-state index in [1.54, 1.807) is 18.1 Å². The molecule has 5 atom stereocenters. The fourth-order valence-electron chi connectivity index (χ4n) is 7.58.